The zero-order valence-corrected chi connectivity index (χ0v) is 21.8. The second-order valence-corrected chi connectivity index (χ2v) is 9.94. The molecular formula is C28H30N6O5. The van der Waals surface area contributed by atoms with Gasteiger partial charge in [0.25, 0.3) is 5.91 Å². The van der Waals surface area contributed by atoms with E-state index in [1.54, 1.807) is 45.0 Å². The van der Waals surface area contributed by atoms with Crippen molar-refractivity contribution in [3.05, 3.63) is 71.5 Å². The average molecular weight is 531 g/mol. The van der Waals surface area contributed by atoms with Gasteiger partial charge in [0, 0.05) is 35.4 Å². The third-order valence-corrected chi connectivity index (χ3v) is 5.62. The van der Waals surface area contributed by atoms with Crippen molar-refractivity contribution >= 4 is 47.0 Å². The zero-order chi connectivity index (χ0) is 28.2. The number of H-pyrrole nitrogens is 1. The van der Waals surface area contributed by atoms with Crippen molar-refractivity contribution in [2.75, 3.05) is 17.2 Å². The maximum absolute atomic E-state index is 12.6. The lowest BCUT2D eigenvalue weighted by atomic mass is 10.0. The van der Waals surface area contributed by atoms with E-state index < -0.39 is 17.7 Å². The van der Waals surface area contributed by atoms with Crippen molar-refractivity contribution in [1.29, 1.82) is 0 Å². The lowest BCUT2D eigenvalue weighted by molar-refractivity contribution is -0.120. The number of aromatic nitrogens is 1. The number of urea groups is 1. The Kier molecular flexibility index (Phi) is 7.70. The molecule has 11 nitrogen and oxygen atoms in total. The Labute approximate surface area is 225 Å². The van der Waals surface area contributed by atoms with E-state index in [4.69, 9.17) is 10.5 Å². The molecule has 0 saturated carbocycles. The number of aromatic amines is 1. The molecule has 11 heteroatoms. The van der Waals surface area contributed by atoms with Crippen LogP contribution in [0.25, 0.3) is 22.8 Å². The van der Waals surface area contributed by atoms with E-state index in [-0.39, 0.29) is 24.9 Å². The molecule has 1 aliphatic heterocycles. The summed E-state index contributed by atoms with van der Waals surface area (Å²) in [6.07, 6.45) is 2.91. The van der Waals surface area contributed by atoms with Crippen LogP contribution in [0.5, 0.6) is 0 Å². The van der Waals surface area contributed by atoms with Crippen molar-refractivity contribution in [3.63, 3.8) is 0 Å². The smallest absolute Gasteiger partial charge is 0.408 e. The van der Waals surface area contributed by atoms with Gasteiger partial charge in [-0.15, -0.1) is 0 Å². The molecule has 7 N–H and O–H groups in total. The highest BCUT2D eigenvalue weighted by atomic mass is 16.6. The third-order valence-electron chi connectivity index (χ3n) is 5.62. The number of hydrogen-bond acceptors (Lipinski definition) is 5. The first-order valence-electron chi connectivity index (χ1n) is 12.2. The number of primary amides is 1. The van der Waals surface area contributed by atoms with Crippen LogP contribution in [0.15, 0.2) is 54.7 Å². The van der Waals surface area contributed by atoms with Gasteiger partial charge in [-0.2, -0.15) is 0 Å². The number of hydrogen-bond donors (Lipinski definition) is 6. The molecule has 0 bridgehead atoms. The Hall–Kier alpha value is -5.06. The van der Waals surface area contributed by atoms with Gasteiger partial charge >= 0.3 is 12.1 Å². The van der Waals surface area contributed by atoms with Crippen molar-refractivity contribution < 1.29 is 23.9 Å². The summed E-state index contributed by atoms with van der Waals surface area (Å²) in [5.41, 5.74) is 10.2. The maximum atomic E-state index is 12.6. The van der Waals surface area contributed by atoms with E-state index in [9.17, 15) is 19.2 Å². The lowest BCUT2D eigenvalue weighted by Gasteiger charge is -2.19. The average Bonchev–Trinajstić information content (AvgIpc) is 3.45. The largest absolute Gasteiger partial charge is 0.444 e. The van der Waals surface area contributed by atoms with E-state index in [2.05, 4.69) is 26.3 Å². The van der Waals surface area contributed by atoms with E-state index in [1.165, 1.54) is 0 Å². The van der Waals surface area contributed by atoms with Gasteiger partial charge in [-0.05, 0) is 73.9 Å². The van der Waals surface area contributed by atoms with Gasteiger partial charge in [0.1, 0.15) is 12.1 Å². The number of benzene rings is 2. The van der Waals surface area contributed by atoms with Gasteiger partial charge in [0.2, 0.25) is 5.91 Å². The first kappa shape index (κ1) is 27.0. The highest BCUT2D eigenvalue weighted by Gasteiger charge is 2.25. The SMILES string of the molecule is CC(C)(C)OC(=O)NCC(=O)NCc1cccc(-c2c[nH]c(C=C3C(=O)Nc4ccc(NC(N)=O)cc43)c2)c1. The van der Waals surface area contributed by atoms with E-state index in [1.807, 2.05) is 36.5 Å². The summed E-state index contributed by atoms with van der Waals surface area (Å²) in [7, 11) is 0. The van der Waals surface area contributed by atoms with Crippen LogP contribution in [-0.2, 0) is 20.9 Å². The molecule has 4 rings (SSSR count). The van der Waals surface area contributed by atoms with Gasteiger partial charge < -0.3 is 36.7 Å². The van der Waals surface area contributed by atoms with E-state index >= 15 is 0 Å². The number of nitrogens with one attached hydrogen (secondary N) is 5. The summed E-state index contributed by atoms with van der Waals surface area (Å²) >= 11 is 0. The molecule has 1 aliphatic rings. The van der Waals surface area contributed by atoms with Gasteiger partial charge in [-0.25, -0.2) is 9.59 Å². The molecule has 0 atom stereocenters. The van der Waals surface area contributed by atoms with Crippen LogP contribution in [0.2, 0.25) is 0 Å². The molecule has 0 saturated heterocycles. The second-order valence-electron chi connectivity index (χ2n) is 9.94. The molecule has 3 aromatic rings. The molecule has 5 amide bonds. The van der Waals surface area contributed by atoms with Crippen LogP contribution in [0.1, 0.15) is 37.6 Å². The number of ether oxygens (including phenoxy) is 1. The Morgan fingerprint density at radius 2 is 1.82 bits per heavy atom. The van der Waals surface area contributed by atoms with Gasteiger partial charge in [-0.1, -0.05) is 18.2 Å². The monoisotopic (exact) mass is 530 g/mol. The van der Waals surface area contributed by atoms with Crippen LogP contribution in [-0.4, -0.2) is 41.1 Å². The summed E-state index contributed by atoms with van der Waals surface area (Å²) in [6.45, 7) is 5.32. The number of anilines is 2. The fourth-order valence-electron chi connectivity index (χ4n) is 3.96. The van der Waals surface area contributed by atoms with Crippen LogP contribution < -0.4 is 27.0 Å². The number of carbonyl (C=O) groups is 4. The van der Waals surface area contributed by atoms with Gasteiger partial charge in [0.05, 0.1) is 5.57 Å². The third kappa shape index (κ3) is 7.25. The summed E-state index contributed by atoms with van der Waals surface area (Å²) in [4.78, 5) is 50.8. The predicted octanol–water partition coefficient (Wildman–Crippen LogP) is 3.81. The maximum Gasteiger partial charge on any atom is 0.408 e. The molecule has 2 heterocycles. The molecule has 2 aromatic carbocycles. The molecule has 0 fully saturated rings. The Morgan fingerprint density at radius 1 is 1.03 bits per heavy atom. The number of alkyl carbamates (subject to hydrolysis) is 1. The van der Waals surface area contributed by atoms with Gasteiger partial charge in [0.15, 0.2) is 0 Å². The number of carbonyl (C=O) groups excluding carboxylic acids is 4. The Morgan fingerprint density at radius 3 is 2.56 bits per heavy atom. The molecular weight excluding hydrogens is 500 g/mol. The highest BCUT2D eigenvalue weighted by molar-refractivity contribution is 6.35. The molecule has 0 unspecified atom stereocenters. The highest BCUT2D eigenvalue weighted by Crippen LogP contribution is 2.35. The first-order chi connectivity index (χ1) is 18.5. The standard InChI is InChI=1S/C28H30N6O5/c1-28(2,3)39-27(38)32-15-24(35)31-13-16-5-4-6-17(9-16)18-10-20(30-14-18)12-22-21-11-19(33-26(29)37)7-8-23(21)34-25(22)36/h4-12,14,30H,13,15H2,1-3H3,(H,31,35)(H,32,38)(H,34,36)(H3,29,33,37). The molecule has 0 spiro atoms. The van der Waals surface area contributed by atoms with E-state index in [0.29, 0.717) is 28.2 Å². The van der Waals surface area contributed by atoms with Crippen LogP contribution >= 0.6 is 0 Å². The quantitative estimate of drug-likeness (QED) is 0.255. The van der Waals surface area contributed by atoms with Crippen molar-refractivity contribution in [2.45, 2.75) is 32.9 Å². The van der Waals surface area contributed by atoms with Gasteiger partial charge in [-0.3, -0.25) is 9.59 Å². The Bertz CT molecular complexity index is 1470. The number of amides is 5. The second kappa shape index (κ2) is 11.1. The number of rotatable bonds is 7. The number of fused-ring (bicyclic) bond motifs is 1. The molecule has 0 radical (unpaired) electrons. The van der Waals surface area contributed by atoms with Crippen molar-refractivity contribution in [2.24, 2.45) is 5.73 Å². The predicted molar refractivity (Wildman–Crippen MR) is 148 cm³/mol. The summed E-state index contributed by atoms with van der Waals surface area (Å²) in [5.74, 6) is -0.595. The molecule has 39 heavy (non-hydrogen) atoms. The van der Waals surface area contributed by atoms with Crippen LogP contribution in [0, 0.1) is 0 Å². The Balaban J connectivity index is 1.41. The fourth-order valence-corrected chi connectivity index (χ4v) is 3.96. The summed E-state index contributed by atoms with van der Waals surface area (Å²) < 4.78 is 5.12. The molecule has 202 valence electrons. The summed E-state index contributed by atoms with van der Waals surface area (Å²) in [6, 6.07) is 13.9. The van der Waals surface area contributed by atoms with Crippen LogP contribution in [0.4, 0.5) is 21.0 Å². The minimum atomic E-state index is -0.689. The molecule has 1 aromatic heterocycles. The zero-order valence-electron chi connectivity index (χ0n) is 21.8. The minimum Gasteiger partial charge on any atom is -0.444 e. The van der Waals surface area contributed by atoms with Crippen molar-refractivity contribution in [3.8, 4) is 11.1 Å². The van der Waals surface area contributed by atoms with Crippen LogP contribution in [0.3, 0.4) is 0 Å². The first-order valence-corrected chi connectivity index (χ1v) is 12.2. The summed E-state index contributed by atoms with van der Waals surface area (Å²) in [5, 5.41) is 10.5. The lowest BCUT2D eigenvalue weighted by Crippen LogP contribution is -2.39. The van der Waals surface area contributed by atoms with E-state index in [0.717, 1.165) is 16.7 Å². The molecule has 0 aliphatic carbocycles. The number of nitrogens with two attached hydrogens (primary N) is 1. The topological polar surface area (TPSA) is 167 Å². The van der Waals surface area contributed by atoms with Crippen molar-refractivity contribution in [1.82, 2.24) is 15.6 Å². The fraction of sp³-hybridized carbons (Fsp3) is 0.214. The minimum absolute atomic E-state index is 0.193. The normalized spacial score (nSPS) is 13.4.